The first-order valence-corrected chi connectivity index (χ1v) is 7.53. The Labute approximate surface area is 135 Å². The van der Waals surface area contributed by atoms with Gasteiger partial charge in [0.15, 0.2) is 0 Å². The molecule has 1 aromatic heterocycles. The molecule has 0 unspecified atom stereocenters. The molecule has 2 nitrogen and oxygen atoms in total. The number of aromatic nitrogens is 1. The van der Waals surface area contributed by atoms with Crippen LogP contribution in [-0.2, 0) is 6.54 Å². The minimum atomic E-state index is -0.252. The molecule has 0 saturated heterocycles. The third-order valence-corrected chi connectivity index (χ3v) is 4.28. The number of hydrogen-bond donors (Lipinski definition) is 1. The lowest BCUT2D eigenvalue weighted by Gasteiger charge is -2.11. The van der Waals surface area contributed by atoms with E-state index in [0.717, 1.165) is 26.6 Å². The van der Waals surface area contributed by atoms with E-state index >= 15 is 0 Å². The van der Waals surface area contributed by atoms with Gasteiger partial charge < -0.3 is 5.32 Å². The average Bonchev–Trinajstić information content (AvgIpc) is 2.50. The van der Waals surface area contributed by atoms with Crippen LogP contribution in [0.15, 0.2) is 53.1 Å². The van der Waals surface area contributed by atoms with Crippen LogP contribution in [0.3, 0.4) is 0 Å². The van der Waals surface area contributed by atoms with Crippen LogP contribution >= 0.6 is 27.5 Å². The molecule has 106 valence electrons. The second kappa shape index (κ2) is 6.00. The van der Waals surface area contributed by atoms with Gasteiger partial charge in [0, 0.05) is 28.3 Å². The molecular weight excluding hydrogens is 355 g/mol. The Kier molecular flexibility index (Phi) is 4.08. The summed E-state index contributed by atoms with van der Waals surface area (Å²) in [5.41, 5.74) is 2.52. The number of nitrogens with zero attached hydrogens (tertiary/aromatic N) is 1. The molecule has 1 heterocycles. The quantitative estimate of drug-likeness (QED) is 0.672. The molecule has 3 rings (SSSR count). The Morgan fingerprint density at radius 2 is 2.05 bits per heavy atom. The zero-order valence-electron chi connectivity index (χ0n) is 10.9. The summed E-state index contributed by atoms with van der Waals surface area (Å²) in [7, 11) is 0. The zero-order valence-corrected chi connectivity index (χ0v) is 13.2. The first kappa shape index (κ1) is 14.3. The van der Waals surface area contributed by atoms with Crippen LogP contribution < -0.4 is 5.32 Å². The van der Waals surface area contributed by atoms with Crippen molar-refractivity contribution in [3.63, 3.8) is 0 Å². The van der Waals surface area contributed by atoms with E-state index in [1.165, 1.54) is 12.1 Å². The lowest BCUT2D eigenvalue weighted by molar-refractivity contribution is 0.625. The fourth-order valence-electron chi connectivity index (χ4n) is 2.16. The Bertz CT molecular complexity index is 807. The number of nitrogens with one attached hydrogen (secondary N) is 1. The van der Waals surface area contributed by atoms with Crippen LogP contribution in [0.1, 0.15) is 5.56 Å². The summed E-state index contributed by atoms with van der Waals surface area (Å²) in [6.45, 7) is 0.504. The highest BCUT2D eigenvalue weighted by Crippen LogP contribution is 2.29. The first-order chi connectivity index (χ1) is 10.1. The lowest BCUT2D eigenvalue weighted by atomic mass is 10.1. The highest BCUT2D eigenvalue weighted by molar-refractivity contribution is 9.10. The summed E-state index contributed by atoms with van der Waals surface area (Å²) in [6, 6.07) is 12.2. The van der Waals surface area contributed by atoms with Gasteiger partial charge in [0.25, 0.3) is 0 Å². The highest BCUT2D eigenvalue weighted by atomic mass is 79.9. The van der Waals surface area contributed by atoms with Crippen molar-refractivity contribution in [2.75, 3.05) is 5.32 Å². The number of hydrogen-bond acceptors (Lipinski definition) is 2. The second-order valence-electron chi connectivity index (χ2n) is 4.58. The Balaban J connectivity index is 1.92. The zero-order chi connectivity index (χ0) is 14.8. The van der Waals surface area contributed by atoms with E-state index in [9.17, 15) is 4.39 Å². The molecule has 0 saturated carbocycles. The number of fused-ring (bicyclic) bond motifs is 1. The fourth-order valence-corrected chi connectivity index (χ4v) is 2.76. The number of pyridine rings is 1. The van der Waals surface area contributed by atoms with Crippen molar-refractivity contribution in [3.05, 3.63) is 69.5 Å². The van der Waals surface area contributed by atoms with Crippen molar-refractivity contribution in [2.24, 2.45) is 0 Å². The van der Waals surface area contributed by atoms with Gasteiger partial charge in [-0.3, -0.25) is 4.98 Å². The van der Waals surface area contributed by atoms with Gasteiger partial charge in [0.05, 0.1) is 10.5 Å². The van der Waals surface area contributed by atoms with Crippen molar-refractivity contribution in [2.45, 2.75) is 6.54 Å². The molecule has 0 aliphatic rings. The van der Waals surface area contributed by atoms with Crippen LogP contribution in [0.5, 0.6) is 0 Å². The predicted molar refractivity (Wildman–Crippen MR) is 88.2 cm³/mol. The first-order valence-electron chi connectivity index (χ1n) is 6.36. The molecule has 0 spiro atoms. The maximum Gasteiger partial charge on any atom is 0.123 e. The Hall–Kier alpha value is -1.65. The maximum absolute atomic E-state index is 13.3. The number of rotatable bonds is 3. The monoisotopic (exact) mass is 364 g/mol. The van der Waals surface area contributed by atoms with E-state index in [-0.39, 0.29) is 5.82 Å². The minimum absolute atomic E-state index is 0.252. The third kappa shape index (κ3) is 3.01. The lowest BCUT2D eigenvalue weighted by Crippen LogP contribution is -2.01. The van der Waals surface area contributed by atoms with E-state index in [1.807, 2.05) is 18.2 Å². The van der Waals surface area contributed by atoms with Crippen LogP contribution in [0.25, 0.3) is 10.9 Å². The molecule has 0 radical (unpaired) electrons. The molecule has 0 aliphatic heterocycles. The molecule has 0 atom stereocenters. The molecule has 0 amide bonds. The average molecular weight is 366 g/mol. The van der Waals surface area contributed by atoms with E-state index in [1.54, 1.807) is 18.3 Å². The summed E-state index contributed by atoms with van der Waals surface area (Å²) in [4.78, 5) is 4.29. The number of halogens is 3. The van der Waals surface area contributed by atoms with Crippen molar-refractivity contribution in [1.82, 2.24) is 4.98 Å². The van der Waals surface area contributed by atoms with Gasteiger partial charge in [-0.25, -0.2) is 4.39 Å². The van der Waals surface area contributed by atoms with E-state index < -0.39 is 0 Å². The van der Waals surface area contributed by atoms with Crippen LogP contribution in [-0.4, -0.2) is 4.98 Å². The van der Waals surface area contributed by atoms with Crippen molar-refractivity contribution >= 4 is 44.1 Å². The summed E-state index contributed by atoms with van der Waals surface area (Å²) >= 11 is 9.57. The van der Waals surface area contributed by atoms with E-state index in [0.29, 0.717) is 11.6 Å². The van der Waals surface area contributed by atoms with Crippen LogP contribution in [0.2, 0.25) is 5.02 Å². The van der Waals surface area contributed by atoms with Crippen molar-refractivity contribution < 1.29 is 4.39 Å². The van der Waals surface area contributed by atoms with Gasteiger partial charge in [0.2, 0.25) is 0 Å². The van der Waals surface area contributed by atoms with Gasteiger partial charge in [0.1, 0.15) is 5.82 Å². The van der Waals surface area contributed by atoms with Gasteiger partial charge in [-0.05, 0) is 48.0 Å². The minimum Gasteiger partial charge on any atom is -0.380 e. The highest BCUT2D eigenvalue weighted by Gasteiger charge is 2.07. The number of anilines is 1. The van der Waals surface area contributed by atoms with Gasteiger partial charge in [-0.1, -0.05) is 27.5 Å². The smallest absolute Gasteiger partial charge is 0.123 e. The molecule has 1 N–H and O–H groups in total. The second-order valence-corrected chi connectivity index (χ2v) is 5.85. The van der Waals surface area contributed by atoms with Gasteiger partial charge in [-0.2, -0.15) is 0 Å². The molecule has 5 heteroatoms. The van der Waals surface area contributed by atoms with Gasteiger partial charge in [-0.15, -0.1) is 0 Å². The molecule has 0 fully saturated rings. The molecule has 0 bridgehead atoms. The Morgan fingerprint density at radius 1 is 1.19 bits per heavy atom. The largest absolute Gasteiger partial charge is 0.380 e. The van der Waals surface area contributed by atoms with Crippen molar-refractivity contribution in [3.8, 4) is 0 Å². The summed E-state index contributed by atoms with van der Waals surface area (Å²) in [5.74, 6) is -0.252. The van der Waals surface area contributed by atoms with Crippen LogP contribution in [0.4, 0.5) is 10.1 Å². The SMILES string of the molecule is Fc1ccc(Br)c(CNc2ccc(Cl)c3ncccc23)c1. The fraction of sp³-hybridized carbons (Fsp3) is 0.0625. The molecule has 0 aliphatic carbocycles. The topological polar surface area (TPSA) is 24.9 Å². The maximum atomic E-state index is 13.3. The molecule has 21 heavy (non-hydrogen) atoms. The molecule has 3 aromatic rings. The molecule has 2 aromatic carbocycles. The predicted octanol–water partition coefficient (Wildman–Crippen LogP) is 5.40. The summed E-state index contributed by atoms with van der Waals surface area (Å²) < 4.78 is 14.2. The molecular formula is C16H11BrClFN2. The summed E-state index contributed by atoms with van der Waals surface area (Å²) in [5, 5.41) is 4.86. The summed E-state index contributed by atoms with van der Waals surface area (Å²) in [6.07, 6.45) is 1.71. The van der Waals surface area contributed by atoms with Crippen LogP contribution in [0, 0.1) is 5.82 Å². The standard InChI is InChI=1S/C16H11BrClFN2/c17-13-4-3-11(19)8-10(13)9-21-15-6-5-14(18)16-12(15)2-1-7-20-16/h1-8,21H,9H2. The van der Waals surface area contributed by atoms with Gasteiger partial charge >= 0.3 is 0 Å². The van der Waals surface area contributed by atoms with E-state index in [2.05, 4.69) is 26.2 Å². The van der Waals surface area contributed by atoms with Crippen molar-refractivity contribution in [1.29, 1.82) is 0 Å². The normalized spacial score (nSPS) is 10.8. The number of benzene rings is 2. The van der Waals surface area contributed by atoms with E-state index in [4.69, 9.17) is 11.6 Å². The third-order valence-electron chi connectivity index (χ3n) is 3.20. The Morgan fingerprint density at radius 3 is 2.90 bits per heavy atom.